The maximum atomic E-state index is 4.21. The zero-order valence-electron chi connectivity index (χ0n) is 7.94. The summed E-state index contributed by atoms with van der Waals surface area (Å²) in [5, 5.41) is 0.934. The van der Waals surface area contributed by atoms with Gasteiger partial charge in [-0.25, -0.2) is 9.97 Å². The molecule has 0 fully saturated rings. The lowest BCUT2D eigenvalue weighted by Crippen LogP contribution is -2.33. The number of nitrogens with zero attached hydrogens (tertiary/aromatic N) is 3. The topological polar surface area (TPSA) is 29.0 Å². The monoisotopic (exact) mass is 243 g/mol. The van der Waals surface area contributed by atoms with E-state index in [4.69, 9.17) is 0 Å². The molecule has 0 bridgehead atoms. The predicted molar refractivity (Wildman–Crippen MR) is 58.3 cm³/mol. The van der Waals surface area contributed by atoms with Crippen LogP contribution in [0.1, 0.15) is 13.8 Å². The van der Waals surface area contributed by atoms with Gasteiger partial charge in [-0.05, 0) is 19.9 Å². The van der Waals surface area contributed by atoms with Crippen LogP contribution in [0.5, 0.6) is 0 Å². The summed E-state index contributed by atoms with van der Waals surface area (Å²) in [6.45, 7) is 5.21. The van der Waals surface area contributed by atoms with E-state index in [2.05, 4.69) is 44.6 Å². The van der Waals surface area contributed by atoms with E-state index in [1.165, 1.54) is 0 Å². The van der Waals surface area contributed by atoms with Gasteiger partial charge in [0.15, 0.2) is 0 Å². The molecule has 1 aromatic heterocycles. The molecule has 0 atom stereocenters. The fourth-order valence-electron chi connectivity index (χ4n) is 1.12. The molecular formula is C9H14BrN3. The van der Waals surface area contributed by atoms with Crippen molar-refractivity contribution in [3.63, 3.8) is 0 Å². The average molecular weight is 244 g/mol. The first-order valence-corrected chi connectivity index (χ1v) is 5.47. The van der Waals surface area contributed by atoms with Gasteiger partial charge in [0.1, 0.15) is 0 Å². The van der Waals surface area contributed by atoms with Crippen LogP contribution >= 0.6 is 15.9 Å². The van der Waals surface area contributed by atoms with Gasteiger partial charge >= 0.3 is 0 Å². The highest BCUT2D eigenvalue weighted by Crippen LogP contribution is 2.09. The van der Waals surface area contributed by atoms with Crippen molar-refractivity contribution in [3.05, 3.63) is 18.5 Å². The second-order valence-corrected chi connectivity index (χ2v) is 3.82. The summed E-state index contributed by atoms with van der Waals surface area (Å²) >= 11 is 3.42. The van der Waals surface area contributed by atoms with E-state index >= 15 is 0 Å². The molecule has 0 aromatic carbocycles. The summed E-state index contributed by atoms with van der Waals surface area (Å²) in [7, 11) is 0. The minimum atomic E-state index is 0.431. The van der Waals surface area contributed by atoms with Gasteiger partial charge in [-0.15, -0.1) is 0 Å². The van der Waals surface area contributed by atoms with Crippen LogP contribution in [0.15, 0.2) is 18.5 Å². The highest BCUT2D eigenvalue weighted by atomic mass is 79.9. The molecule has 1 rings (SSSR count). The van der Waals surface area contributed by atoms with Gasteiger partial charge in [-0.3, -0.25) is 0 Å². The van der Waals surface area contributed by atoms with Gasteiger partial charge in [0, 0.05) is 30.3 Å². The Morgan fingerprint density at radius 2 is 2.00 bits per heavy atom. The quantitative estimate of drug-likeness (QED) is 0.759. The first-order valence-electron chi connectivity index (χ1n) is 4.35. The molecule has 0 radical (unpaired) electrons. The lowest BCUT2D eigenvalue weighted by Gasteiger charge is -2.25. The van der Waals surface area contributed by atoms with Gasteiger partial charge < -0.3 is 4.90 Å². The van der Waals surface area contributed by atoms with Crippen molar-refractivity contribution in [2.75, 3.05) is 16.8 Å². The molecule has 0 amide bonds. The molecule has 0 N–H and O–H groups in total. The van der Waals surface area contributed by atoms with Crippen LogP contribution in [-0.4, -0.2) is 27.9 Å². The van der Waals surface area contributed by atoms with Crippen molar-refractivity contribution in [3.8, 4) is 0 Å². The molecule has 3 nitrogen and oxygen atoms in total. The molecule has 0 saturated carbocycles. The molecule has 4 heteroatoms. The minimum Gasteiger partial charge on any atom is -0.338 e. The fraction of sp³-hybridized carbons (Fsp3) is 0.556. The molecule has 1 aromatic rings. The van der Waals surface area contributed by atoms with Crippen molar-refractivity contribution >= 4 is 21.9 Å². The van der Waals surface area contributed by atoms with Crippen molar-refractivity contribution in [2.24, 2.45) is 0 Å². The lowest BCUT2D eigenvalue weighted by atomic mass is 10.3. The van der Waals surface area contributed by atoms with Gasteiger partial charge in [0.05, 0.1) is 0 Å². The zero-order valence-corrected chi connectivity index (χ0v) is 9.53. The number of hydrogen-bond acceptors (Lipinski definition) is 3. The standard InChI is InChI=1S/C9H14BrN3/c1-8(2)13(7-4-10)9-11-5-3-6-12-9/h3,5-6,8H,4,7H2,1-2H3. The molecule has 0 aliphatic carbocycles. The number of hydrogen-bond donors (Lipinski definition) is 0. The van der Waals surface area contributed by atoms with Crippen molar-refractivity contribution < 1.29 is 0 Å². The van der Waals surface area contributed by atoms with Gasteiger partial charge in [0.2, 0.25) is 5.95 Å². The SMILES string of the molecule is CC(C)N(CCBr)c1ncccn1. The van der Waals surface area contributed by atoms with E-state index in [1.807, 2.05) is 6.07 Å². The lowest BCUT2D eigenvalue weighted by molar-refractivity contribution is 0.685. The summed E-state index contributed by atoms with van der Waals surface area (Å²) in [5.74, 6) is 0.803. The Morgan fingerprint density at radius 3 is 2.46 bits per heavy atom. The Bertz CT molecular complexity index is 238. The molecule has 0 aliphatic heterocycles. The minimum absolute atomic E-state index is 0.431. The molecular weight excluding hydrogens is 230 g/mol. The predicted octanol–water partition coefficient (Wildman–Crippen LogP) is 2.09. The van der Waals surface area contributed by atoms with Crippen LogP contribution in [0.2, 0.25) is 0 Å². The molecule has 0 saturated heterocycles. The summed E-state index contributed by atoms with van der Waals surface area (Å²) in [6, 6.07) is 2.26. The highest BCUT2D eigenvalue weighted by molar-refractivity contribution is 9.09. The number of halogens is 1. The maximum Gasteiger partial charge on any atom is 0.225 e. The molecule has 0 unspecified atom stereocenters. The number of anilines is 1. The van der Waals surface area contributed by atoms with Crippen LogP contribution in [-0.2, 0) is 0 Å². The molecule has 72 valence electrons. The largest absolute Gasteiger partial charge is 0.338 e. The summed E-state index contributed by atoms with van der Waals surface area (Å²) < 4.78 is 0. The zero-order chi connectivity index (χ0) is 9.68. The normalized spacial score (nSPS) is 10.5. The smallest absolute Gasteiger partial charge is 0.225 e. The molecule has 0 aliphatic rings. The Kier molecular flexibility index (Phi) is 4.15. The fourth-order valence-corrected chi connectivity index (χ4v) is 1.50. The second-order valence-electron chi connectivity index (χ2n) is 3.02. The van der Waals surface area contributed by atoms with Crippen LogP contribution in [0, 0.1) is 0 Å². The van der Waals surface area contributed by atoms with Crippen LogP contribution in [0.4, 0.5) is 5.95 Å². The third-order valence-corrected chi connectivity index (χ3v) is 2.11. The van der Waals surface area contributed by atoms with E-state index in [-0.39, 0.29) is 0 Å². The third-order valence-electron chi connectivity index (χ3n) is 1.76. The van der Waals surface area contributed by atoms with Crippen LogP contribution in [0.3, 0.4) is 0 Å². The highest BCUT2D eigenvalue weighted by Gasteiger charge is 2.10. The van der Waals surface area contributed by atoms with Gasteiger partial charge in [-0.1, -0.05) is 15.9 Å². The Morgan fingerprint density at radius 1 is 1.38 bits per heavy atom. The Balaban J connectivity index is 2.76. The van der Waals surface area contributed by atoms with Crippen molar-refractivity contribution in [2.45, 2.75) is 19.9 Å². The third kappa shape index (κ3) is 2.95. The van der Waals surface area contributed by atoms with Crippen molar-refractivity contribution in [1.82, 2.24) is 9.97 Å². The Hall–Kier alpha value is -0.640. The summed E-state index contributed by atoms with van der Waals surface area (Å²) in [6.07, 6.45) is 3.54. The number of alkyl halides is 1. The van der Waals surface area contributed by atoms with Crippen LogP contribution in [0.25, 0.3) is 0 Å². The van der Waals surface area contributed by atoms with E-state index in [9.17, 15) is 0 Å². The van der Waals surface area contributed by atoms with E-state index in [1.54, 1.807) is 12.4 Å². The van der Waals surface area contributed by atoms with E-state index in [0.717, 1.165) is 17.8 Å². The molecule has 13 heavy (non-hydrogen) atoms. The molecule has 0 spiro atoms. The van der Waals surface area contributed by atoms with Gasteiger partial charge in [-0.2, -0.15) is 0 Å². The number of aromatic nitrogens is 2. The average Bonchev–Trinajstić information content (AvgIpc) is 2.15. The second kappa shape index (κ2) is 5.17. The molecule has 1 heterocycles. The van der Waals surface area contributed by atoms with E-state index in [0.29, 0.717) is 6.04 Å². The summed E-state index contributed by atoms with van der Waals surface area (Å²) in [5.41, 5.74) is 0. The van der Waals surface area contributed by atoms with Gasteiger partial charge in [0.25, 0.3) is 0 Å². The summed E-state index contributed by atoms with van der Waals surface area (Å²) in [4.78, 5) is 10.6. The first kappa shape index (κ1) is 10.4. The van der Waals surface area contributed by atoms with Crippen LogP contribution < -0.4 is 4.90 Å². The van der Waals surface area contributed by atoms with E-state index < -0.39 is 0 Å². The number of rotatable bonds is 4. The Labute approximate surface area is 87.3 Å². The first-order chi connectivity index (χ1) is 6.25. The van der Waals surface area contributed by atoms with Crippen molar-refractivity contribution in [1.29, 1.82) is 0 Å². The maximum absolute atomic E-state index is 4.21.